The van der Waals surface area contributed by atoms with E-state index in [1.54, 1.807) is 7.11 Å². The molecule has 3 heteroatoms. The highest BCUT2D eigenvalue weighted by molar-refractivity contribution is 4.97. The van der Waals surface area contributed by atoms with E-state index in [1.165, 1.54) is 32.1 Å². The predicted octanol–water partition coefficient (Wildman–Crippen LogP) is 2.35. The number of hydrogen-bond donors (Lipinski definition) is 1. The number of hydrogen-bond acceptors (Lipinski definition) is 3. The molecule has 0 radical (unpaired) electrons. The summed E-state index contributed by atoms with van der Waals surface area (Å²) in [5.74, 6) is 0.773. The fourth-order valence-corrected chi connectivity index (χ4v) is 3.36. The topological polar surface area (TPSA) is 30.5 Å². The lowest BCUT2D eigenvalue weighted by Gasteiger charge is -2.46. The highest BCUT2D eigenvalue weighted by Gasteiger charge is 2.43. The Hall–Kier alpha value is -0.120. The maximum Gasteiger partial charge on any atom is 0.0986 e. The largest absolute Gasteiger partial charge is 0.377 e. The second kappa shape index (κ2) is 6.17. The van der Waals surface area contributed by atoms with Gasteiger partial charge in [-0.2, -0.15) is 0 Å². The summed E-state index contributed by atoms with van der Waals surface area (Å²) in [6.07, 6.45) is 8.71. The van der Waals surface area contributed by atoms with Crippen molar-refractivity contribution in [2.75, 3.05) is 14.2 Å². The van der Waals surface area contributed by atoms with Gasteiger partial charge in [-0.05, 0) is 32.2 Å². The summed E-state index contributed by atoms with van der Waals surface area (Å²) >= 11 is 0. The van der Waals surface area contributed by atoms with Crippen LogP contribution in [0.5, 0.6) is 0 Å². The smallest absolute Gasteiger partial charge is 0.0986 e. The van der Waals surface area contributed by atoms with Crippen molar-refractivity contribution in [3.63, 3.8) is 0 Å². The van der Waals surface area contributed by atoms with Crippen LogP contribution in [0.15, 0.2) is 0 Å². The predicted molar refractivity (Wildman–Crippen MR) is 69.2 cm³/mol. The van der Waals surface area contributed by atoms with Crippen molar-refractivity contribution in [3.8, 4) is 0 Å². The van der Waals surface area contributed by atoms with Gasteiger partial charge in [-0.1, -0.05) is 26.2 Å². The average molecular weight is 241 g/mol. The van der Waals surface area contributed by atoms with Crippen LogP contribution in [0.4, 0.5) is 0 Å². The molecule has 0 aromatic rings. The molecule has 5 unspecified atom stereocenters. The van der Waals surface area contributed by atoms with Gasteiger partial charge < -0.3 is 14.8 Å². The van der Waals surface area contributed by atoms with Gasteiger partial charge in [0.15, 0.2) is 0 Å². The highest BCUT2D eigenvalue weighted by atomic mass is 16.5. The van der Waals surface area contributed by atoms with Gasteiger partial charge >= 0.3 is 0 Å². The molecule has 100 valence electrons. The zero-order valence-electron chi connectivity index (χ0n) is 11.4. The maximum atomic E-state index is 6.30. The SMILES string of the molecule is CCC1CCCCC1OC1CC(NC)C1OC. The summed E-state index contributed by atoms with van der Waals surface area (Å²) in [4.78, 5) is 0. The molecule has 2 aliphatic carbocycles. The fraction of sp³-hybridized carbons (Fsp3) is 1.00. The zero-order valence-corrected chi connectivity index (χ0v) is 11.4. The molecular formula is C14H27NO2. The van der Waals surface area contributed by atoms with Crippen molar-refractivity contribution in [2.45, 2.75) is 69.8 Å². The second-order valence-electron chi connectivity index (χ2n) is 5.50. The molecule has 0 saturated heterocycles. The standard InChI is InChI=1S/C14H27NO2/c1-4-10-7-5-6-8-12(10)17-13-9-11(15-2)14(13)16-3/h10-15H,4-9H2,1-3H3. The van der Waals surface area contributed by atoms with Crippen molar-refractivity contribution < 1.29 is 9.47 Å². The molecule has 0 amide bonds. The van der Waals surface area contributed by atoms with Crippen LogP contribution < -0.4 is 5.32 Å². The Bertz CT molecular complexity index is 234. The van der Waals surface area contributed by atoms with E-state index in [-0.39, 0.29) is 6.10 Å². The molecule has 0 spiro atoms. The van der Waals surface area contributed by atoms with E-state index < -0.39 is 0 Å². The third-order valence-electron chi connectivity index (χ3n) is 4.61. The van der Waals surface area contributed by atoms with Crippen LogP contribution in [0, 0.1) is 5.92 Å². The summed E-state index contributed by atoms with van der Waals surface area (Å²) in [6.45, 7) is 2.29. The van der Waals surface area contributed by atoms with Gasteiger partial charge in [0.1, 0.15) is 0 Å². The first-order valence-electron chi connectivity index (χ1n) is 7.15. The second-order valence-corrected chi connectivity index (χ2v) is 5.50. The van der Waals surface area contributed by atoms with E-state index in [9.17, 15) is 0 Å². The molecule has 2 rings (SSSR count). The Balaban J connectivity index is 1.83. The van der Waals surface area contributed by atoms with Crippen LogP contribution in [-0.2, 0) is 9.47 Å². The number of nitrogens with one attached hydrogen (secondary N) is 1. The first-order valence-corrected chi connectivity index (χ1v) is 7.15. The molecule has 1 N–H and O–H groups in total. The summed E-state index contributed by atoms with van der Waals surface area (Å²) in [7, 11) is 3.80. The van der Waals surface area contributed by atoms with Crippen LogP contribution in [0.2, 0.25) is 0 Å². The van der Waals surface area contributed by atoms with E-state index in [2.05, 4.69) is 12.2 Å². The summed E-state index contributed by atoms with van der Waals surface area (Å²) in [5, 5.41) is 3.29. The number of ether oxygens (including phenoxy) is 2. The molecule has 0 bridgehead atoms. The molecule has 0 heterocycles. The Morgan fingerprint density at radius 2 is 1.94 bits per heavy atom. The van der Waals surface area contributed by atoms with Gasteiger partial charge in [0, 0.05) is 13.2 Å². The van der Waals surface area contributed by atoms with Crippen LogP contribution in [0.3, 0.4) is 0 Å². The van der Waals surface area contributed by atoms with E-state index in [0.717, 1.165) is 12.3 Å². The van der Waals surface area contributed by atoms with Crippen LogP contribution >= 0.6 is 0 Å². The molecule has 2 aliphatic rings. The quantitative estimate of drug-likeness (QED) is 0.801. The van der Waals surface area contributed by atoms with E-state index in [4.69, 9.17) is 9.47 Å². The number of rotatable bonds is 5. The molecule has 17 heavy (non-hydrogen) atoms. The monoisotopic (exact) mass is 241 g/mol. The van der Waals surface area contributed by atoms with Gasteiger partial charge in [-0.3, -0.25) is 0 Å². The van der Waals surface area contributed by atoms with Gasteiger partial charge in [0.05, 0.1) is 18.3 Å². The Kier molecular flexibility index (Phi) is 4.83. The number of methoxy groups -OCH3 is 1. The lowest BCUT2D eigenvalue weighted by atomic mass is 9.82. The molecular weight excluding hydrogens is 214 g/mol. The zero-order chi connectivity index (χ0) is 12.3. The lowest BCUT2D eigenvalue weighted by molar-refractivity contribution is -0.172. The Morgan fingerprint density at radius 3 is 2.59 bits per heavy atom. The van der Waals surface area contributed by atoms with Gasteiger partial charge in [-0.25, -0.2) is 0 Å². The minimum Gasteiger partial charge on any atom is -0.377 e. The Morgan fingerprint density at radius 1 is 1.18 bits per heavy atom. The van der Waals surface area contributed by atoms with Crippen molar-refractivity contribution >= 4 is 0 Å². The van der Waals surface area contributed by atoms with E-state index >= 15 is 0 Å². The van der Waals surface area contributed by atoms with E-state index in [1.807, 2.05) is 7.05 Å². The lowest BCUT2D eigenvalue weighted by Crippen LogP contribution is -2.60. The molecule has 0 aliphatic heterocycles. The molecule has 5 atom stereocenters. The third kappa shape index (κ3) is 2.83. The normalized spacial score (nSPS) is 42.2. The van der Waals surface area contributed by atoms with Crippen molar-refractivity contribution in [3.05, 3.63) is 0 Å². The summed E-state index contributed by atoms with van der Waals surface area (Å²) < 4.78 is 11.8. The minimum absolute atomic E-state index is 0.249. The molecule has 0 aromatic heterocycles. The average Bonchev–Trinajstić information content (AvgIpc) is 2.35. The van der Waals surface area contributed by atoms with Crippen LogP contribution in [-0.4, -0.2) is 38.5 Å². The third-order valence-corrected chi connectivity index (χ3v) is 4.61. The van der Waals surface area contributed by atoms with Gasteiger partial charge in [-0.15, -0.1) is 0 Å². The molecule has 0 aromatic carbocycles. The Labute approximate surface area is 105 Å². The fourth-order valence-electron chi connectivity index (χ4n) is 3.36. The molecule has 2 fully saturated rings. The first-order chi connectivity index (χ1) is 8.30. The van der Waals surface area contributed by atoms with Crippen molar-refractivity contribution in [1.82, 2.24) is 5.32 Å². The maximum absolute atomic E-state index is 6.30. The highest BCUT2D eigenvalue weighted by Crippen LogP contribution is 2.34. The van der Waals surface area contributed by atoms with Gasteiger partial charge in [0.25, 0.3) is 0 Å². The molecule has 2 saturated carbocycles. The van der Waals surface area contributed by atoms with Gasteiger partial charge in [0.2, 0.25) is 0 Å². The molecule has 3 nitrogen and oxygen atoms in total. The van der Waals surface area contributed by atoms with Crippen molar-refractivity contribution in [2.24, 2.45) is 5.92 Å². The summed E-state index contributed by atoms with van der Waals surface area (Å²) in [5.41, 5.74) is 0. The van der Waals surface area contributed by atoms with Crippen LogP contribution in [0.25, 0.3) is 0 Å². The number of likely N-dealkylation sites (N-methyl/N-ethyl adjacent to an activating group) is 1. The first kappa shape index (κ1) is 13.3. The van der Waals surface area contributed by atoms with E-state index in [0.29, 0.717) is 18.2 Å². The van der Waals surface area contributed by atoms with Crippen LogP contribution in [0.1, 0.15) is 45.4 Å². The minimum atomic E-state index is 0.249. The van der Waals surface area contributed by atoms with Crippen molar-refractivity contribution in [1.29, 1.82) is 0 Å². The summed E-state index contributed by atoms with van der Waals surface area (Å²) in [6, 6.07) is 0.480.